The minimum atomic E-state index is 0.719. The van der Waals surface area contributed by atoms with Gasteiger partial charge in [0.05, 0.1) is 5.84 Å². The van der Waals surface area contributed by atoms with E-state index in [4.69, 9.17) is 5.41 Å². The highest BCUT2D eigenvalue weighted by Gasteiger charge is 2.01. The molecule has 1 N–H and O–H groups in total. The molecule has 0 amide bonds. The van der Waals surface area contributed by atoms with Crippen LogP contribution < -0.4 is 0 Å². The van der Waals surface area contributed by atoms with Crippen LogP contribution in [0, 0.1) is 5.41 Å². The molecule has 0 aliphatic heterocycles. The Kier molecular flexibility index (Phi) is 3.96. The third-order valence-corrected chi connectivity index (χ3v) is 3.01. The van der Waals surface area contributed by atoms with Crippen LogP contribution in [0.4, 0.5) is 0 Å². The Morgan fingerprint density at radius 1 is 1.62 bits per heavy atom. The van der Waals surface area contributed by atoms with Crippen LogP contribution >= 0.6 is 11.3 Å². The maximum Gasteiger partial charge on any atom is 0.0952 e. The molecule has 0 atom stereocenters. The molecule has 0 aliphatic carbocycles. The fourth-order valence-corrected chi connectivity index (χ4v) is 1.84. The van der Waals surface area contributed by atoms with Gasteiger partial charge in [0.15, 0.2) is 0 Å². The molecule has 0 radical (unpaired) electrons. The molecule has 0 aliphatic rings. The van der Waals surface area contributed by atoms with Gasteiger partial charge < -0.3 is 4.90 Å². The van der Waals surface area contributed by atoms with Gasteiger partial charge in [0.2, 0.25) is 0 Å². The largest absolute Gasteiger partial charge is 0.363 e. The Bertz CT molecular complexity index is 254. The molecule has 0 saturated carbocycles. The number of likely N-dealkylation sites (N-methyl/N-ethyl adjacent to an activating group) is 1. The Balaban J connectivity index is 2.30. The van der Waals surface area contributed by atoms with E-state index in [1.165, 1.54) is 4.88 Å². The average Bonchev–Trinajstić information content (AvgIpc) is 2.65. The van der Waals surface area contributed by atoms with E-state index in [2.05, 4.69) is 17.5 Å². The van der Waals surface area contributed by atoms with Crippen LogP contribution in [0.3, 0.4) is 0 Å². The lowest BCUT2D eigenvalue weighted by molar-refractivity contribution is 0.497. The molecule has 13 heavy (non-hydrogen) atoms. The van der Waals surface area contributed by atoms with E-state index >= 15 is 0 Å². The number of nitrogens with one attached hydrogen (secondary N) is 1. The van der Waals surface area contributed by atoms with Gasteiger partial charge >= 0.3 is 0 Å². The Morgan fingerprint density at radius 3 is 2.92 bits per heavy atom. The highest BCUT2D eigenvalue weighted by Crippen LogP contribution is 2.09. The van der Waals surface area contributed by atoms with Gasteiger partial charge in [-0.2, -0.15) is 0 Å². The van der Waals surface area contributed by atoms with Gasteiger partial charge in [-0.1, -0.05) is 13.0 Å². The fraction of sp³-hybridized carbons (Fsp3) is 0.500. The van der Waals surface area contributed by atoms with Crippen LogP contribution in [0.5, 0.6) is 0 Å². The van der Waals surface area contributed by atoms with Crippen LogP contribution in [0.2, 0.25) is 0 Å². The molecule has 0 fully saturated rings. The molecule has 1 aromatic heterocycles. The summed E-state index contributed by atoms with van der Waals surface area (Å²) in [7, 11) is 1.99. The standard InChI is InChI=1S/C10H16N2S/c1-3-10(11)12(2)7-6-9-5-4-8-13-9/h4-5,8,11H,3,6-7H2,1-2H3. The normalized spacial score (nSPS) is 10.0. The molecular weight excluding hydrogens is 180 g/mol. The van der Waals surface area contributed by atoms with Crippen molar-refractivity contribution in [1.82, 2.24) is 4.90 Å². The molecule has 0 bridgehead atoms. The number of hydrogen-bond acceptors (Lipinski definition) is 2. The lowest BCUT2D eigenvalue weighted by Gasteiger charge is -2.18. The van der Waals surface area contributed by atoms with Crippen LogP contribution in [0.1, 0.15) is 18.2 Å². The lowest BCUT2D eigenvalue weighted by atomic mass is 10.3. The second-order valence-corrected chi connectivity index (χ2v) is 4.08. The molecular formula is C10H16N2S. The van der Waals surface area contributed by atoms with Gasteiger partial charge in [-0.15, -0.1) is 11.3 Å². The summed E-state index contributed by atoms with van der Waals surface area (Å²) in [6, 6.07) is 4.22. The van der Waals surface area contributed by atoms with Gasteiger partial charge in [-0.05, 0) is 17.9 Å². The predicted molar refractivity (Wildman–Crippen MR) is 58.7 cm³/mol. The smallest absolute Gasteiger partial charge is 0.0952 e. The maximum absolute atomic E-state index is 7.60. The van der Waals surface area contributed by atoms with E-state index in [0.29, 0.717) is 0 Å². The summed E-state index contributed by atoms with van der Waals surface area (Å²) in [4.78, 5) is 3.41. The molecule has 0 saturated heterocycles. The van der Waals surface area contributed by atoms with Crippen molar-refractivity contribution in [3.05, 3.63) is 22.4 Å². The topological polar surface area (TPSA) is 27.1 Å². The first-order chi connectivity index (χ1) is 6.24. The zero-order valence-electron chi connectivity index (χ0n) is 8.21. The second kappa shape index (κ2) is 5.02. The van der Waals surface area contributed by atoms with Crippen molar-refractivity contribution < 1.29 is 0 Å². The van der Waals surface area contributed by atoms with E-state index < -0.39 is 0 Å². The number of amidine groups is 1. The van der Waals surface area contributed by atoms with Gasteiger partial charge in [-0.3, -0.25) is 5.41 Å². The van der Waals surface area contributed by atoms with Crippen molar-refractivity contribution in [2.45, 2.75) is 19.8 Å². The Morgan fingerprint density at radius 2 is 2.38 bits per heavy atom. The van der Waals surface area contributed by atoms with E-state index in [9.17, 15) is 0 Å². The third-order valence-electron chi connectivity index (χ3n) is 2.07. The molecule has 0 spiro atoms. The zero-order valence-corrected chi connectivity index (χ0v) is 9.03. The van der Waals surface area contributed by atoms with Crippen molar-refractivity contribution in [3.63, 3.8) is 0 Å². The summed E-state index contributed by atoms with van der Waals surface area (Å²) in [6.07, 6.45) is 1.87. The number of hydrogen-bond donors (Lipinski definition) is 1. The molecule has 0 aromatic carbocycles. The SMILES string of the molecule is CCC(=N)N(C)CCc1cccs1. The van der Waals surface area contributed by atoms with Crippen molar-refractivity contribution in [2.24, 2.45) is 0 Å². The summed E-state index contributed by atoms with van der Waals surface area (Å²) in [5.74, 6) is 0.719. The monoisotopic (exact) mass is 196 g/mol. The molecule has 72 valence electrons. The third kappa shape index (κ3) is 3.19. The Labute approximate surface area is 83.7 Å². The quantitative estimate of drug-likeness (QED) is 0.581. The van der Waals surface area contributed by atoms with Crippen LogP contribution in [-0.2, 0) is 6.42 Å². The summed E-state index contributed by atoms with van der Waals surface area (Å²) in [5, 5.41) is 9.70. The van der Waals surface area contributed by atoms with Gasteiger partial charge in [0, 0.05) is 24.9 Å². The van der Waals surface area contributed by atoms with Crippen LogP contribution in [-0.4, -0.2) is 24.3 Å². The molecule has 2 nitrogen and oxygen atoms in total. The van der Waals surface area contributed by atoms with E-state index in [1.807, 2.05) is 18.9 Å². The summed E-state index contributed by atoms with van der Waals surface area (Å²) >= 11 is 1.79. The van der Waals surface area contributed by atoms with E-state index in [0.717, 1.165) is 25.2 Å². The molecule has 3 heteroatoms. The molecule has 1 rings (SSSR count). The number of nitrogens with zero attached hydrogens (tertiary/aromatic N) is 1. The number of rotatable bonds is 4. The van der Waals surface area contributed by atoms with Crippen molar-refractivity contribution in [3.8, 4) is 0 Å². The summed E-state index contributed by atoms with van der Waals surface area (Å²) in [6.45, 7) is 2.97. The van der Waals surface area contributed by atoms with Crippen LogP contribution in [0.15, 0.2) is 17.5 Å². The van der Waals surface area contributed by atoms with E-state index in [1.54, 1.807) is 11.3 Å². The van der Waals surface area contributed by atoms with E-state index in [-0.39, 0.29) is 0 Å². The first-order valence-corrected chi connectivity index (χ1v) is 5.43. The molecule has 1 heterocycles. The minimum Gasteiger partial charge on any atom is -0.363 e. The van der Waals surface area contributed by atoms with Crippen molar-refractivity contribution in [2.75, 3.05) is 13.6 Å². The van der Waals surface area contributed by atoms with Gasteiger partial charge in [0.1, 0.15) is 0 Å². The van der Waals surface area contributed by atoms with Gasteiger partial charge in [-0.25, -0.2) is 0 Å². The van der Waals surface area contributed by atoms with Crippen LogP contribution in [0.25, 0.3) is 0 Å². The maximum atomic E-state index is 7.60. The highest BCUT2D eigenvalue weighted by atomic mass is 32.1. The predicted octanol–water partition coefficient (Wildman–Crippen LogP) is 2.61. The first kappa shape index (κ1) is 10.3. The Hall–Kier alpha value is -0.830. The minimum absolute atomic E-state index is 0.719. The zero-order chi connectivity index (χ0) is 9.68. The molecule has 1 aromatic rings. The second-order valence-electron chi connectivity index (χ2n) is 3.05. The molecule has 0 unspecified atom stereocenters. The summed E-state index contributed by atoms with van der Waals surface area (Å²) < 4.78 is 0. The van der Waals surface area contributed by atoms with Crippen molar-refractivity contribution in [1.29, 1.82) is 5.41 Å². The number of thiophene rings is 1. The lowest BCUT2D eigenvalue weighted by Crippen LogP contribution is -2.27. The fourth-order valence-electron chi connectivity index (χ4n) is 1.14. The van der Waals surface area contributed by atoms with Gasteiger partial charge in [0.25, 0.3) is 0 Å². The summed E-state index contributed by atoms with van der Waals surface area (Å²) in [5.41, 5.74) is 0. The average molecular weight is 196 g/mol. The first-order valence-electron chi connectivity index (χ1n) is 4.55. The highest BCUT2D eigenvalue weighted by molar-refractivity contribution is 7.09. The van der Waals surface area contributed by atoms with Crippen molar-refractivity contribution >= 4 is 17.2 Å².